The molecular weight excluding hydrogens is 372 g/mol. The summed E-state index contributed by atoms with van der Waals surface area (Å²) in [5, 5.41) is 10.7. The van der Waals surface area contributed by atoms with Gasteiger partial charge in [-0.2, -0.15) is 5.26 Å². The molecule has 0 spiro atoms. The molecule has 1 aliphatic rings. The summed E-state index contributed by atoms with van der Waals surface area (Å²) in [6.45, 7) is 3.46. The largest absolute Gasteiger partial charge is 0.370 e. The fourth-order valence-electron chi connectivity index (χ4n) is 3.71. The molecule has 0 radical (unpaired) electrons. The summed E-state index contributed by atoms with van der Waals surface area (Å²) >= 11 is 6.12. The number of amides is 1. The molecule has 2 aromatic carbocycles. The van der Waals surface area contributed by atoms with Crippen molar-refractivity contribution in [3.63, 3.8) is 0 Å². The number of carbonyl (C=O) groups is 1. The molecule has 0 aliphatic carbocycles. The van der Waals surface area contributed by atoms with Crippen molar-refractivity contribution in [1.29, 1.82) is 5.26 Å². The van der Waals surface area contributed by atoms with Gasteiger partial charge >= 0.3 is 0 Å². The smallest absolute Gasteiger partial charge is 0.242 e. The van der Waals surface area contributed by atoms with Crippen molar-refractivity contribution in [3.8, 4) is 6.07 Å². The number of aromatic nitrogens is 1. The maximum absolute atomic E-state index is 12.9. The maximum Gasteiger partial charge on any atom is 0.242 e. The first-order valence-corrected chi connectivity index (χ1v) is 9.79. The average molecular weight is 393 g/mol. The molecule has 142 valence electrons. The number of hydrogen-bond acceptors (Lipinski definition) is 3. The molecule has 0 N–H and O–H groups in total. The van der Waals surface area contributed by atoms with Crippen LogP contribution in [-0.4, -0.2) is 41.6 Å². The van der Waals surface area contributed by atoms with Crippen molar-refractivity contribution in [2.24, 2.45) is 0 Å². The van der Waals surface area contributed by atoms with Crippen molar-refractivity contribution < 1.29 is 4.79 Å². The first kappa shape index (κ1) is 18.4. The summed E-state index contributed by atoms with van der Waals surface area (Å²) in [5.41, 5.74) is 2.74. The zero-order chi connectivity index (χ0) is 19.5. The van der Waals surface area contributed by atoms with Crippen LogP contribution < -0.4 is 4.90 Å². The van der Waals surface area contributed by atoms with Gasteiger partial charge in [0.15, 0.2) is 0 Å². The normalized spacial score (nSPS) is 14.7. The highest BCUT2D eigenvalue weighted by molar-refractivity contribution is 6.31. The number of benzene rings is 2. The van der Waals surface area contributed by atoms with Crippen molar-refractivity contribution in [3.05, 3.63) is 65.3 Å². The van der Waals surface area contributed by atoms with Gasteiger partial charge in [0.1, 0.15) is 6.54 Å². The van der Waals surface area contributed by atoms with E-state index in [0.717, 1.165) is 42.6 Å². The van der Waals surface area contributed by atoms with E-state index in [2.05, 4.69) is 11.0 Å². The van der Waals surface area contributed by atoms with Crippen LogP contribution in [-0.2, 0) is 11.3 Å². The molecular formula is C22H21ClN4O. The van der Waals surface area contributed by atoms with Gasteiger partial charge in [-0.1, -0.05) is 17.7 Å². The van der Waals surface area contributed by atoms with Gasteiger partial charge < -0.3 is 14.4 Å². The minimum atomic E-state index is 0.124. The van der Waals surface area contributed by atoms with Crippen LogP contribution in [0.4, 0.5) is 5.69 Å². The summed E-state index contributed by atoms with van der Waals surface area (Å²) in [6.07, 6.45) is 2.86. The van der Waals surface area contributed by atoms with Crippen LogP contribution in [0.15, 0.2) is 54.7 Å². The molecule has 0 bridgehead atoms. The molecule has 1 aromatic heterocycles. The van der Waals surface area contributed by atoms with Crippen molar-refractivity contribution in [1.82, 2.24) is 9.47 Å². The number of carbonyl (C=O) groups excluding carboxylic acids is 1. The predicted octanol–water partition coefficient (Wildman–Crippen LogP) is 3.91. The predicted molar refractivity (Wildman–Crippen MR) is 112 cm³/mol. The van der Waals surface area contributed by atoms with E-state index < -0.39 is 0 Å². The molecule has 4 rings (SSSR count). The van der Waals surface area contributed by atoms with Gasteiger partial charge in [-0.3, -0.25) is 4.79 Å². The van der Waals surface area contributed by atoms with E-state index >= 15 is 0 Å². The maximum atomic E-state index is 12.9. The lowest BCUT2D eigenvalue weighted by molar-refractivity contribution is -0.131. The zero-order valence-electron chi connectivity index (χ0n) is 15.5. The molecule has 1 saturated heterocycles. The number of halogens is 1. The van der Waals surface area contributed by atoms with E-state index in [9.17, 15) is 4.79 Å². The molecule has 0 unspecified atom stereocenters. The van der Waals surface area contributed by atoms with Gasteiger partial charge in [-0.15, -0.1) is 0 Å². The third kappa shape index (κ3) is 3.83. The fraction of sp³-hybridized carbons (Fsp3) is 0.273. The Morgan fingerprint density at radius 3 is 2.64 bits per heavy atom. The number of anilines is 1. The van der Waals surface area contributed by atoms with E-state index in [1.54, 1.807) is 0 Å². The zero-order valence-corrected chi connectivity index (χ0v) is 16.3. The van der Waals surface area contributed by atoms with Gasteiger partial charge in [0.25, 0.3) is 0 Å². The van der Waals surface area contributed by atoms with Gasteiger partial charge in [0, 0.05) is 48.6 Å². The van der Waals surface area contributed by atoms with E-state index in [-0.39, 0.29) is 5.91 Å². The number of nitrogens with zero attached hydrogens (tertiary/aromatic N) is 4. The third-order valence-electron chi connectivity index (χ3n) is 5.25. The summed E-state index contributed by atoms with van der Waals surface area (Å²) in [4.78, 5) is 17.1. The molecule has 6 heteroatoms. The van der Waals surface area contributed by atoms with E-state index in [1.165, 1.54) is 0 Å². The number of fused-ring (bicyclic) bond motifs is 1. The molecule has 2 heterocycles. The quantitative estimate of drug-likeness (QED) is 0.679. The Bertz CT molecular complexity index is 1030. The monoisotopic (exact) mass is 392 g/mol. The average Bonchev–Trinajstić information content (AvgIpc) is 2.94. The van der Waals surface area contributed by atoms with Crippen LogP contribution >= 0.6 is 11.6 Å². The third-order valence-corrected chi connectivity index (χ3v) is 5.49. The molecule has 1 fully saturated rings. The first-order chi connectivity index (χ1) is 13.6. The van der Waals surface area contributed by atoms with Gasteiger partial charge in [-0.05, 0) is 54.3 Å². The lowest BCUT2D eigenvalue weighted by atomic mass is 10.2. The van der Waals surface area contributed by atoms with Crippen LogP contribution in [0.1, 0.15) is 12.0 Å². The number of hydrogen-bond donors (Lipinski definition) is 0. The van der Waals surface area contributed by atoms with Gasteiger partial charge in [-0.25, -0.2) is 0 Å². The van der Waals surface area contributed by atoms with Crippen LogP contribution in [0.3, 0.4) is 0 Å². The second-order valence-electron chi connectivity index (χ2n) is 7.03. The van der Waals surface area contributed by atoms with Crippen molar-refractivity contribution in [2.45, 2.75) is 13.0 Å². The summed E-state index contributed by atoms with van der Waals surface area (Å²) in [6, 6.07) is 17.5. The molecule has 1 amide bonds. The molecule has 0 atom stereocenters. The van der Waals surface area contributed by atoms with Crippen molar-refractivity contribution >= 4 is 34.1 Å². The highest BCUT2D eigenvalue weighted by Crippen LogP contribution is 2.21. The standard InChI is InChI=1S/C22H21ClN4O/c23-19-5-4-18-8-11-27(21(18)14-19)16-22(28)26-10-1-9-25(12-13-26)20-6-2-17(15-24)3-7-20/h2-8,11,14H,1,9-10,12-13,16H2. The Morgan fingerprint density at radius 2 is 1.86 bits per heavy atom. The van der Waals surface area contributed by atoms with E-state index in [0.29, 0.717) is 23.7 Å². The lowest BCUT2D eigenvalue weighted by Gasteiger charge is -2.24. The first-order valence-electron chi connectivity index (χ1n) is 9.41. The minimum absolute atomic E-state index is 0.124. The number of nitriles is 1. The highest BCUT2D eigenvalue weighted by Gasteiger charge is 2.20. The van der Waals surface area contributed by atoms with Crippen LogP contribution in [0.2, 0.25) is 5.02 Å². The Balaban J connectivity index is 1.42. The lowest BCUT2D eigenvalue weighted by Crippen LogP contribution is -2.37. The highest BCUT2D eigenvalue weighted by atomic mass is 35.5. The Kier molecular flexibility index (Phi) is 5.23. The number of rotatable bonds is 3. The summed E-state index contributed by atoms with van der Waals surface area (Å²) < 4.78 is 1.97. The Labute approximate surface area is 169 Å². The molecule has 3 aromatic rings. The second kappa shape index (κ2) is 7.95. The van der Waals surface area contributed by atoms with E-state index in [1.807, 2.05) is 64.2 Å². The molecule has 5 nitrogen and oxygen atoms in total. The topological polar surface area (TPSA) is 52.3 Å². The van der Waals surface area contributed by atoms with Gasteiger partial charge in [0.05, 0.1) is 11.6 Å². The minimum Gasteiger partial charge on any atom is -0.370 e. The van der Waals surface area contributed by atoms with Crippen LogP contribution in [0.5, 0.6) is 0 Å². The summed E-state index contributed by atoms with van der Waals surface area (Å²) in [5.74, 6) is 0.124. The SMILES string of the molecule is N#Cc1ccc(N2CCCN(C(=O)Cn3ccc4ccc(Cl)cc43)CC2)cc1. The van der Waals surface area contributed by atoms with Crippen LogP contribution in [0.25, 0.3) is 10.9 Å². The molecule has 1 aliphatic heterocycles. The van der Waals surface area contributed by atoms with Crippen molar-refractivity contribution in [2.75, 3.05) is 31.1 Å². The second-order valence-corrected chi connectivity index (χ2v) is 7.46. The molecule has 0 saturated carbocycles. The fourth-order valence-corrected chi connectivity index (χ4v) is 3.88. The van der Waals surface area contributed by atoms with Gasteiger partial charge in [0.2, 0.25) is 5.91 Å². The summed E-state index contributed by atoms with van der Waals surface area (Å²) in [7, 11) is 0. The van der Waals surface area contributed by atoms with Crippen LogP contribution in [0, 0.1) is 11.3 Å². The molecule has 28 heavy (non-hydrogen) atoms. The Morgan fingerprint density at radius 1 is 1.04 bits per heavy atom. The van der Waals surface area contributed by atoms with E-state index in [4.69, 9.17) is 16.9 Å². The Hall–Kier alpha value is -2.97.